The van der Waals surface area contributed by atoms with E-state index in [-0.39, 0.29) is 13.2 Å². The number of fused-ring (bicyclic) bond motifs is 4. The van der Waals surface area contributed by atoms with Gasteiger partial charge in [-0.25, -0.2) is 19.7 Å². The minimum atomic E-state index is -0.591. The summed E-state index contributed by atoms with van der Waals surface area (Å²) in [6, 6.07) is 10.9. The second-order valence-electron chi connectivity index (χ2n) is 9.09. The van der Waals surface area contributed by atoms with Crippen molar-refractivity contribution in [2.75, 3.05) is 25.6 Å². The average Bonchev–Trinajstić information content (AvgIpc) is 3.46. The number of pyridine rings is 1. The summed E-state index contributed by atoms with van der Waals surface area (Å²) in [5.74, 6) is 1.48. The fourth-order valence-electron chi connectivity index (χ4n) is 4.37. The average molecular weight is 585 g/mol. The van der Waals surface area contributed by atoms with Crippen molar-refractivity contribution in [1.82, 2.24) is 19.9 Å². The number of thiazole rings is 1. The first-order valence-corrected chi connectivity index (χ1v) is 14.1. The van der Waals surface area contributed by atoms with Crippen LogP contribution in [-0.4, -0.2) is 52.5 Å². The molecule has 5 aromatic rings. The number of nitrogens with zero attached hydrogens (tertiary/aromatic N) is 5. The standard InChI is InChI=1S/C28H22N6O5S.C2H6/c1-14-6-21-25(37-12-18(39-21)13-38-28(35)32-17-4-5-30-15(2)7-17)26-23(14)34-27(40-26)19-8-16(10-29)9-20-24(19)31-11-22(33-20)36-3;1-2/h4-9,11,18H,12-13H2,1-3H3,(H,30,32,35);1-2H3/t18-;/m1./s1. The number of hydrogen-bond donors (Lipinski definition) is 1. The Morgan fingerprint density at radius 1 is 1.17 bits per heavy atom. The molecule has 0 saturated heterocycles. The van der Waals surface area contributed by atoms with Crippen LogP contribution in [0.3, 0.4) is 0 Å². The molecule has 1 N–H and O–H groups in total. The van der Waals surface area contributed by atoms with Crippen LogP contribution in [-0.2, 0) is 4.74 Å². The van der Waals surface area contributed by atoms with Gasteiger partial charge < -0.3 is 18.9 Å². The predicted molar refractivity (Wildman–Crippen MR) is 159 cm³/mol. The molecular weight excluding hydrogens is 556 g/mol. The lowest BCUT2D eigenvalue weighted by atomic mass is 10.1. The highest BCUT2D eigenvalue weighted by atomic mass is 32.1. The summed E-state index contributed by atoms with van der Waals surface area (Å²) >= 11 is 1.42. The maximum atomic E-state index is 12.3. The molecule has 2 aromatic carbocycles. The largest absolute Gasteiger partial charge is 0.484 e. The molecule has 0 radical (unpaired) electrons. The molecule has 6 rings (SSSR count). The quantitative estimate of drug-likeness (QED) is 0.253. The van der Waals surface area contributed by atoms with E-state index in [2.05, 4.69) is 26.3 Å². The fraction of sp³-hybridized carbons (Fsp3) is 0.267. The Morgan fingerprint density at radius 2 is 2.00 bits per heavy atom. The highest BCUT2D eigenvalue weighted by Crippen LogP contribution is 2.46. The summed E-state index contributed by atoms with van der Waals surface area (Å²) in [7, 11) is 1.52. The van der Waals surface area contributed by atoms with E-state index in [1.165, 1.54) is 24.6 Å². The summed E-state index contributed by atoms with van der Waals surface area (Å²) < 4.78 is 23.6. The Morgan fingerprint density at radius 3 is 2.76 bits per heavy atom. The predicted octanol–water partition coefficient (Wildman–Crippen LogP) is 6.21. The van der Waals surface area contributed by atoms with Gasteiger partial charge in [-0.05, 0) is 49.7 Å². The molecule has 4 heterocycles. The lowest BCUT2D eigenvalue weighted by Crippen LogP contribution is -2.35. The molecule has 1 aliphatic heterocycles. The zero-order valence-corrected chi connectivity index (χ0v) is 24.5. The van der Waals surface area contributed by atoms with Gasteiger partial charge in [0, 0.05) is 23.1 Å². The smallest absolute Gasteiger partial charge is 0.411 e. The van der Waals surface area contributed by atoms with Crippen molar-refractivity contribution >= 4 is 44.4 Å². The van der Waals surface area contributed by atoms with E-state index in [1.54, 1.807) is 30.5 Å². The summed E-state index contributed by atoms with van der Waals surface area (Å²) in [5, 5.41) is 13.0. The third kappa shape index (κ3) is 5.73. The number of nitriles is 1. The molecule has 0 aliphatic carbocycles. The molecule has 0 unspecified atom stereocenters. The first-order chi connectivity index (χ1) is 20.4. The Bertz CT molecular complexity index is 1830. The van der Waals surface area contributed by atoms with Crippen LogP contribution in [0.25, 0.3) is 31.8 Å². The molecular formula is C30H28N6O5S. The van der Waals surface area contributed by atoms with Crippen LogP contribution < -0.4 is 19.5 Å². The first-order valence-electron chi connectivity index (χ1n) is 13.3. The van der Waals surface area contributed by atoms with Crippen molar-refractivity contribution in [2.24, 2.45) is 0 Å². The molecule has 42 heavy (non-hydrogen) atoms. The van der Waals surface area contributed by atoms with Gasteiger partial charge in [0.1, 0.15) is 22.9 Å². The van der Waals surface area contributed by atoms with Gasteiger partial charge in [-0.15, -0.1) is 11.3 Å². The van der Waals surface area contributed by atoms with Gasteiger partial charge in [0.2, 0.25) is 5.88 Å². The molecule has 0 spiro atoms. The normalized spacial score (nSPS) is 13.6. The van der Waals surface area contributed by atoms with E-state index in [4.69, 9.17) is 23.9 Å². The van der Waals surface area contributed by atoms with Crippen molar-refractivity contribution in [1.29, 1.82) is 5.26 Å². The topological polar surface area (TPSA) is 141 Å². The van der Waals surface area contributed by atoms with Gasteiger partial charge in [0.05, 0.1) is 41.5 Å². The number of hydrogen-bond acceptors (Lipinski definition) is 11. The number of anilines is 1. The summed E-state index contributed by atoms with van der Waals surface area (Å²) in [6.45, 7) is 7.98. The molecule has 214 valence electrons. The molecule has 1 amide bonds. The van der Waals surface area contributed by atoms with Crippen LogP contribution >= 0.6 is 11.3 Å². The van der Waals surface area contributed by atoms with Gasteiger partial charge >= 0.3 is 6.09 Å². The molecule has 11 nitrogen and oxygen atoms in total. The van der Waals surface area contributed by atoms with E-state index in [0.29, 0.717) is 50.2 Å². The van der Waals surface area contributed by atoms with Crippen LogP contribution in [0.1, 0.15) is 30.7 Å². The summed E-state index contributed by atoms with van der Waals surface area (Å²) in [5.41, 5.74) is 5.32. The molecule has 12 heteroatoms. The van der Waals surface area contributed by atoms with Crippen LogP contribution in [0.5, 0.6) is 17.4 Å². The summed E-state index contributed by atoms with van der Waals surface area (Å²) in [6.07, 6.45) is 2.08. The zero-order chi connectivity index (χ0) is 29.8. The molecule has 0 bridgehead atoms. The van der Waals surface area contributed by atoms with E-state index >= 15 is 0 Å². The maximum absolute atomic E-state index is 12.3. The molecule has 0 saturated carbocycles. The third-order valence-electron chi connectivity index (χ3n) is 6.22. The lowest BCUT2D eigenvalue weighted by molar-refractivity contribution is 0.0383. The van der Waals surface area contributed by atoms with Crippen molar-refractivity contribution in [3.8, 4) is 34.0 Å². The number of aromatic nitrogens is 4. The molecule has 0 fully saturated rings. The number of carbonyl (C=O) groups excluding carboxylic acids is 1. The highest BCUT2D eigenvalue weighted by Gasteiger charge is 2.27. The monoisotopic (exact) mass is 584 g/mol. The van der Waals surface area contributed by atoms with Gasteiger partial charge in [0.15, 0.2) is 17.6 Å². The van der Waals surface area contributed by atoms with Gasteiger partial charge in [0.25, 0.3) is 0 Å². The lowest BCUT2D eigenvalue weighted by Gasteiger charge is -2.26. The van der Waals surface area contributed by atoms with Crippen LogP contribution in [0.4, 0.5) is 10.5 Å². The van der Waals surface area contributed by atoms with Crippen LogP contribution in [0.2, 0.25) is 0 Å². The van der Waals surface area contributed by atoms with Gasteiger partial charge in [-0.3, -0.25) is 10.3 Å². The highest BCUT2D eigenvalue weighted by molar-refractivity contribution is 7.22. The Labute approximate surface area is 246 Å². The van der Waals surface area contributed by atoms with Crippen molar-refractivity contribution in [2.45, 2.75) is 33.8 Å². The van der Waals surface area contributed by atoms with Crippen molar-refractivity contribution in [3.63, 3.8) is 0 Å². The third-order valence-corrected chi connectivity index (χ3v) is 7.31. The number of aryl methyl sites for hydroxylation is 2. The van der Waals surface area contributed by atoms with E-state index in [9.17, 15) is 10.1 Å². The first kappa shape index (κ1) is 28.5. The van der Waals surface area contributed by atoms with E-state index in [1.807, 2.05) is 33.8 Å². The Hall–Kier alpha value is -5.02. The number of ether oxygens (including phenoxy) is 4. The number of amides is 1. The number of nitrogens with one attached hydrogen (secondary N) is 1. The van der Waals surface area contributed by atoms with Gasteiger partial charge in [-0.1, -0.05) is 13.8 Å². The van der Waals surface area contributed by atoms with Crippen LogP contribution in [0, 0.1) is 25.2 Å². The fourth-order valence-corrected chi connectivity index (χ4v) is 5.53. The second kappa shape index (κ2) is 12.2. The molecule has 1 atom stereocenters. The minimum Gasteiger partial charge on any atom is -0.484 e. The number of methoxy groups -OCH3 is 1. The minimum absolute atomic E-state index is 0.00936. The van der Waals surface area contributed by atoms with E-state index < -0.39 is 12.2 Å². The van der Waals surface area contributed by atoms with E-state index in [0.717, 1.165) is 21.5 Å². The van der Waals surface area contributed by atoms with Gasteiger partial charge in [-0.2, -0.15) is 5.26 Å². The summed E-state index contributed by atoms with van der Waals surface area (Å²) in [4.78, 5) is 30.2. The maximum Gasteiger partial charge on any atom is 0.411 e. The molecule has 1 aliphatic rings. The Balaban J connectivity index is 0.00000173. The second-order valence-corrected chi connectivity index (χ2v) is 10.1. The number of carbonyl (C=O) groups is 1. The van der Waals surface area contributed by atoms with Crippen molar-refractivity contribution in [3.05, 3.63) is 59.5 Å². The van der Waals surface area contributed by atoms with Crippen LogP contribution in [0.15, 0.2) is 42.7 Å². The van der Waals surface area contributed by atoms with Crippen molar-refractivity contribution < 1.29 is 23.7 Å². The Kier molecular flexibility index (Phi) is 8.31. The SMILES string of the molecule is CC.COc1cnc2c(-c3nc4c(C)cc5c(c4s3)OC[C@H](COC(=O)Nc3ccnc(C)c3)O5)cc(C#N)cc2n1. The molecule has 3 aromatic heterocycles. The number of rotatable bonds is 5. The number of benzene rings is 2. The zero-order valence-electron chi connectivity index (χ0n) is 23.7.